The first-order chi connectivity index (χ1) is 7.11. The number of likely N-dealkylation sites (N-methyl/N-ethyl adjacent to an activating group) is 1. The minimum atomic E-state index is 0.187. The molecule has 0 aliphatic rings. The van der Waals surface area contributed by atoms with Crippen molar-refractivity contribution < 1.29 is 9.53 Å². The molecular weight excluding hydrogens is 192 g/mol. The molecule has 0 aromatic heterocycles. The van der Waals surface area contributed by atoms with Gasteiger partial charge in [-0.2, -0.15) is 0 Å². The zero-order chi connectivity index (χ0) is 11.7. The van der Waals surface area contributed by atoms with Crippen LogP contribution in [0.2, 0.25) is 0 Å². The Kier molecular flexibility index (Phi) is 8.33. The van der Waals surface area contributed by atoms with Gasteiger partial charge < -0.3 is 15.4 Å². The van der Waals surface area contributed by atoms with Crippen molar-refractivity contribution in [3.05, 3.63) is 0 Å². The monoisotopic (exact) mass is 216 g/mol. The summed E-state index contributed by atoms with van der Waals surface area (Å²) in [6.07, 6.45) is 2.38. The molecule has 0 fully saturated rings. The molecule has 0 heterocycles. The van der Waals surface area contributed by atoms with Crippen molar-refractivity contribution in [2.45, 2.75) is 39.2 Å². The smallest absolute Gasteiger partial charge is 0.222 e. The van der Waals surface area contributed by atoms with E-state index < -0.39 is 0 Å². The third kappa shape index (κ3) is 7.33. The Balaban J connectivity index is 3.73. The molecule has 0 rings (SSSR count). The fourth-order valence-corrected chi connectivity index (χ4v) is 1.39. The lowest BCUT2D eigenvalue weighted by atomic mass is 10.1. The molecule has 0 aliphatic heterocycles. The van der Waals surface area contributed by atoms with Crippen molar-refractivity contribution in [1.82, 2.24) is 4.90 Å². The first kappa shape index (κ1) is 14.4. The first-order valence-electron chi connectivity index (χ1n) is 5.64. The van der Waals surface area contributed by atoms with Gasteiger partial charge in [0.25, 0.3) is 0 Å². The van der Waals surface area contributed by atoms with Crippen LogP contribution in [0.4, 0.5) is 0 Å². The Morgan fingerprint density at radius 1 is 1.53 bits per heavy atom. The van der Waals surface area contributed by atoms with Crippen molar-refractivity contribution in [3.63, 3.8) is 0 Å². The van der Waals surface area contributed by atoms with Gasteiger partial charge in [-0.25, -0.2) is 0 Å². The lowest BCUT2D eigenvalue weighted by Gasteiger charge is -2.20. The molecule has 1 atom stereocenters. The van der Waals surface area contributed by atoms with Gasteiger partial charge in [-0.15, -0.1) is 0 Å². The molecule has 0 aromatic rings. The summed E-state index contributed by atoms with van der Waals surface area (Å²) in [6.45, 7) is 5.99. The molecule has 2 N–H and O–H groups in total. The second-order valence-electron chi connectivity index (χ2n) is 3.84. The lowest BCUT2D eigenvalue weighted by Crippen LogP contribution is -2.33. The molecule has 4 heteroatoms. The summed E-state index contributed by atoms with van der Waals surface area (Å²) >= 11 is 0. The van der Waals surface area contributed by atoms with Gasteiger partial charge in [0.2, 0.25) is 5.91 Å². The van der Waals surface area contributed by atoms with Crippen LogP contribution in [0.5, 0.6) is 0 Å². The van der Waals surface area contributed by atoms with Crippen LogP contribution in [0.15, 0.2) is 0 Å². The Morgan fingerprint density at radius 2 is 2.20 bits per heavy atom. The highest BCUT2D eigenvalue weighted by molar-refractivity contribution is 5.76. The van der Waals surface area contributed by atoms with E-state index in [1.54, 1.807) is 7.11 Å². The summed E-state index contributed by atoms with van der Waals surface area (Å²) in [6, 6.07) is 0.187. The Morgan fingerprint density at radius 3 is 2.67 bits per heavy atom. The predicted molar refractivity (Wildman–Crippen MR) is 61.6 cm³/mol. The molecule has 0 spiro atoms. The van der Waals surface area contributed by atoms with Crippen molar-refractivity contribution >= 4 is 5.91 Å². The molecule has 0 radical (unpaired) electrons. The molecule has 1 amide bonds. The minimum Gasteiger partial charge on any atom is -0.383 e. The predicted octanol–water partition coefficient (Wildman–Crippen LogP) is 0.999. The van der Waals surface area contributed by atoms with E-state index in [-0.39, 0.29) is 11.9 Å². The van der Waals surface area contributed by atoms with E-state index in [4.69, 9.17) is 10.5 Å². The molecule has 0 aliphatic carbocycles. The number of ether oxygens (including phenoxy) is 1. The average molecular weight is 216 g/mol. The van der Waals surface area contributed by atoms with Crippen LogP contribution in [0.1, 0.15) is 33.1 Å². The van der Waals surface area contributed by atoms with Crippen molar-refractivity contribution in [3.8, 4) is 0 Å². The lowest BCUT2D eigenvalue weighted by molar-refractivity contribution is -0.131. The van der Waals surface area contributed by atoms with Crippen LogP contribution >= 0.6 is 0 Å². The molecule has 0 saturated carbocycles. The van der Waals surface area contributed by atoms with Gasteiger partial charge in [-0.05, 0) is 26.7 Å². The van der Waals surface area contributed by atoms with E-state index in [0.29, 0.717) is 19.6 Å². The number of hydrogen-bond acceptors (Lipinski definition) is 3. The number of amides is 1. The summed E-state index contributed by atoms with van der Waals surface area (Å²) in [7, 11) is 1.65. The average Bonchev–Trinajstić information content (AvgIpc) is 2.18. The number of carbonyl (C=O) groups excluding carboxylic acids is 1. The Hall–Kier alpha value is -0.610. The zero-order valence-electron chi connectivity index (χ0n) is 10.2. The molecule has 90 valence electrons. The van der Waals surface area contributed by atoms with Gasteiger partial charge in [0.05, 0.1) is 6.61 Å². The van der Waals surface area contributed by atoms with Gasteiger partial charge in [0.15, 0.2) is 0 Å². The quantitative estimate of drug-likeness (QED) is 0.658. The third-order valence-electron chi connectivity index (χ3n) is 2.35. The van der Waals surface area contributed by atoms with Crippen LogP contribution in [0.25, 0.3) is 0 Å². The van der Waals surface area contributed by atoms with Gasteiger partial charge in [0, 0.05) is 32.7 Å². The van der Waals surface area contributed by atoms with Crippen molar-refractivity contribution in [2.75, 3.05) is 26.8 Å². The van der Waals surface area contributed by atoms with E-state index in [0.717, 1.165) is 19.4 Å². The van der Waals surface area contributed by atoms with Gasteiger partial charge in [-0.1, -0.05) is 0 Å². The standard InChI is InChI=1S/C11H24N2O2/c1-4-13(8-9-15-3)11(14)7-5-6-10(2)12/h10H,4-9,12H2,1-3H3. The fourth-order valence-electron chi connectivity index (χ4n) is 1.39. The molecular formula is C11H24N2O2. The highest BCUT2D eigenvalue weighted by atomic mass is 16.5. The number of hydrogen-bond donors (Lipinski definition) is 1. The summed E-state index contributed by atoms with van der Waals surface area (Å²) in [5.41, 5.74) is 5.62. The highest BCUT2D eigenvalue weighted by Gasteiger charge is 2.10. The maximum Gasteiger partial charge on any atom is 0.222 e. The second kappa shape index (κ2) is 8.68. The van der Waals surface area contributed by atoms with Crippen LogP contribution in [0, 0.1) is 0 Å². The molecule has 4 nitrogen and oxygen atoms in total. The molecule has 0 bridgehead atoms. The van der Waals surface area contributed by atoms with E-state index in [9.17, 15) is 4.79 Å². The maximum atomic E-state index is 11.7. The van der Waals surface area contributed by atoms with Crippen LogP contribution in [-0.2, 0) is 9.53 Å². The number of rotatable bonds is 8. The number of methoxy groups -OCH3 is 1. The summed E-state index contributed by atoms with van der Waals surface area (Å²) < 4.78 is 4.95. The van der Waals surface area contributed by atoms with E-state index in [2.05, 4.69) is 0 Å². The molecule has 1 unspecified atom stereocenters. The summed E-state index contributed by atoms with van der Waals surface area (Å²) in [5.74, 6) is 0.204. The molecule has 15 heavy (non-hydrogen) atoms. The van der Waals surface area contributed by atoms with Crippen LogP contribution < -0.4 is 5.73 Å². The highest BCUT2D eigenvalue weighted by Crippen LogP contribution is 2.02. The second-order valence-corrected chi connectivity index (χ2v) is 3.84. The van der Waals surface area contributed by atoms with Gasteiger partial charge in [0.1, 0.15) is 0 Å². The molecule has 0 aromatic carbocycles. The summed E-state index contributed by atoms with van der Waals surface area (Å²) in [4.78, 5) is 13.5. The Bertz CT molecular complexity index is 172. The minimum absolute atomic E-state index is 0.187. The number of nitrogens with zero attached hydrogens (tertiary/aromatic N) is 1. The number of carbonyl (C=O) groups is 1. The topological polar surface area (TPSA) is 55.6 Å². The largest absolute Gasteiger partial charge is 0.383 e. The normalized spacial score (nSPS) is 12.5. The zero-order valence-corrected chi connectivity index (χ0v) is 10.2. The van der Waals surface area contributed by atoms with Gasteiger partial charge in [-0.3, -0.25) is 4.79 Å². The first-order valence-corrected chi connectivity index (χ1v) is 5.64. The van der Waals surface area contributed by atoms with Crippen molar-refractivity contribution in [2.24, 2.45) is 5.73 Å². The van der Waals surface area contributed by atoms with Crippen LogP contribution in [-0.4, -0.2) is 43.7 Å². The summed E-state index contributed by atoms with van der Waals surface area (Å²) in [5, 5.41) is 0. The van der Waals surface area contributed by atoms with Crippen molar-refractivity contribution in [1.29, 1.82) is 0 Å². The maximum absolute atomic E-state index is 11.7. The number of nitrogens with two attached hydrogens (primary N) is 1. The van der Waals surface area contributed by atoms with E-state index in [1.807, 2.05) is 18.7 Å². The SMILES string of the molecule is CCN(CCOC)C(=O)CCCC(C)N. The van der Waals surface area contributed by atoms with Gasteiger partial charge >= 0.3 is 0 Å². The Labute approximate surface area is 92.8 Å². The van der Waals surface area contributed by atoms with E-state index in [1.165, 1.54) is 0 Å². The fraction of sp³-hybridized carbons (Fsp3) is 0.909. The third-order valence-corrected chi connectivity index (χ3v) is 2.35. The van der Waals surface area contributed by atoms with E-state index >= 15 is 0 Å². The van der Waals surface area contributed by atoms with Crippen LogP contribution in [0.3, 0.4) is 0 Å². The molecule has 0 saturated heterocycles.